The van der Waals surface area contributed by atoms with Crippen LogP contribution in [0.4, 0.5) is 10.1 Å². The molecule has 0 unspecified atom stereocenters. The van der Waals surface area contributed by atoms with Gasteiger partial charge < -0.3 is 15.8 Å². The maximum Gasteiger partial charge on any atom is 0.214 e. The molecule has 4 N–H and O–H groups in total. The zero-order chi connectivity index (χ0) is 22.2. The second-order valence-corrected chi connectivity index (χ2v) is 7.17. The third-order valence-corrected chi connectivity index (χ3v) is 5.12. The number of nitrogen functional groups attached to an aromatic ring is 1. The molecule has 0 atom stereocenters. The van der Waals surface area contributed by atoms with Crippen LogP contribution in [0.5, 0.6) is 5.75 Å². The fourth-order valence-corrected chi connectivity index (χ4v) is 3.57. The van der Waals surface area contributed by atoms with E-state index in [0.29, 0.717) is 6.61 Å². The van der Waals surface area contributed by atoms with Gasteiger partial charge in [-0.05, 0) is 65.6 Å². The van der Waals surface area contributed by atoms with Gasteiger partial charge in [0.2, 0.25) is 5.97 Å². The van der Waals surface area contributed by atoms with Gasteiger partial charge in [0, 0.05) is 12.2 Å². The van der Waals surface area contributed by atoms with E-state index >= 15 is 0 Å². The highest BCUT2D eigenvalue weighted by Gasteiger charge is 2.16. The first kappa shape index (κ1) is 22.2. The van der Waals surface area contributed by atoms with Crippen molar-refractivity contribution < 1.29 is 9.13 Å². The number of nitrogens with two attached hydrogens (primary N) is 1. The summed E-state index contributed by atoms with van der Waals surface area (Å²) in [5.41, 5.74) is 11.3. The molecule has 0 radical (unpaired) electrons. The Morgan fingerprint density at radius 1 is 0.968 bits per heavy atom. The van der Waals surface area contributed by atoms with Gasteiger partial charge in [-0.1, -0.05) is 55.5 Å². The van der Waals surface area contributed by atoms with E-state index in [4.69, 9.17) is 15.9 Å². The molecule has 0 aromatic heterocycles. The molecular weight excluding hydrogens is 389 g/mol. The number of likely N-dealkylation sites (N-methyl/N-ethyl adjacent to an activating group) is 1. The maximum atomic E-state index is 13.8. The van der Waals surface area contributed by atoms with Gasteiger partial charge >= 0.3 is 0 Å². The average molecular weight is 418 g/mol. The quantitative estimate of drug-likeness (QED) is 0.185. The maximum absolute atomic E-state index is 13.8. The number of benzene rings is 3. The van der Waals surface area contributed by atoms with E-state index in [2.05, 4.69) is 24.4 Å². The summed E-state index contributed by atoms with van der Waals surface area (Å²) in [5, 5.41) is 10.5. The number of anilines is 1. The van der Waals surface area contributed by atoms with E-state index in [-0.39, 0.29) is 11.3 Å². The predicted molar refractivity (Wildman–Crippen MR) is 127 cm³/mol. The highest BCUT2D eigenvalue weighted by Crippen LogP contribution is 2.36. The lowest BCUT2D eigenvalue weighted by Gasteiger charge is -2.18. The molecular formula is C26H28FN3O. The Bertz CT molecular complexity index is 1060. The van der Waals surface area contributed by atoms with Crippen LogP contribution in [0.15, 0.2) is 72.8 Å². The molecule has 4 nitrogen and oxygen atoms in total. The topological polar surface area (TPSA) is 71.1 Å². The highest BCUT2D eigenvalue weighted by atomic mass is 19.1. The summed E-state index contributed by atoms with van der Waals surface area (Å²) in [6.45, 7) is 3.46. The van der Waals surface area contributed by atoms with Crippen molar-refractivity contribution in [3.05, 3.63) is 95.1 Å². The van der Waals surface area contributed by atoms with E-state index in [0.717, 1.165) is 46.6 Å². The minimum Gasteiger partial charge on any atom is -0.492 e. The third-order valence-electron chi connectivity index (χ3n) is 5.12. The molecule has 0 amide bonds. The van der Waals surface area contributed by atoms with E-state index in [1.54, 1.807) is 12.1 Å². The van der Waals surface area contributed by atoms with Gasteiger partial charge in [-0.2, -0.15) is 4.39 Å². The van der Waals surface area contributed by atoms with Crippen molar-refractivity contribution in [2.75, 3.05) is 25.9 Å². The Hall–Kier alpha value is -3.44. The van der Waals surface area contributed by atoms with Crippen molar-refractivity contribution in [2.24, 2.45) is 0 Å². The van der Waals surface area contributed by atoms with Crippen LogP contribution in [0.1, 0.15) is 35.6 Å². The zero-order valence-electron chi connectivity index (χ0n) is 17.9. The molecule has 0 aliphatic rings. The number of hydrogen-bond acceptors (Lipinski definition) is 4. The van der Waals surface area contributed by atoms with Gasteiger partial charge in [0.15, 0.2) is 0 Å². The molecule has 3 aromatic carbocycles. The summed E-state index contributed by atoms with van der Waals surface area (Å²) in [6.07, 6.45) is 0.784. The fraction of sp³-hybridized carbons (Fsp3) is 0.192. The molecule has 0 bridgehead atoms. The molecule has 31 heavy (non-hydrogen) atoms. The van der Waals surface area contributed by atoms with Crippen LogP contribution >= 0.6 is 0 Å². The van der Waals surface area contributed by atoms with Crippen molar-refractivity contribution in [1.29, 1.82) is 5.41 Å². The van der Waals surface area contributed by atoms with Crippen LogP contribution in [-0.4, -0.2) is 26.2 Å². The number of hydrogen-bond donors (Lipinski definition) is 3. The number of ether oxygens (including phenoxy) is 1. The van der Waals surface area contributed by atoms with E-state index in [1.165, 1.54) is 0 Å². The van der Waals surface area contributed by atoms with Crippen molar-refractivity contribution in [3.8, 4) is 5.75 Å². The molecule has 3 aromatic rings. The number of allylic oxidation sites excluding steroid dienone is 1. The van der Waals surface area contributed by atoms with Crippen molar-refractivity contribution in [3.63, 3.8) is 0 Å². The van der Waals surface area contributed by atoms with E-state index in [9.17, 15) is 4.39 Å². The van der Waals surface area contributed by atoms with Gasteiger partial charge in [0.05, 0.1) is 5.56 Å². The predicted octanol–water partition coefficient (Wildman–Crippen LogP) is 5.53. The standard InChI is InChI=1S/C26H28FN3O/c1-3-22(18-7-5-4-6-8-18)25(20-11-14-24(28)23(17-20)26(27)29)19-9-12-21(13-10-19)31-16-15-30-2/h4-14,17,29-30H,3,15-16,28H2,1-2H3/b25-22+,29-26?. The van der Waals surface area contributed by atoms with Crippen molar-refractivity contribution >= 4 is 22.8 Å². The molecule has 0 aliphatic heterocycles. The molecule has 0 saturated heterocycles. The lowest BCUT2D eigenvalue weighted by Crippen LogP contribution is -2.15. The van der Waals surface area contributed by atoms with E-state index in [1.807, 2.05) is 55.6 Å². The zero-order valence-corrected chi connectivity index (χ0v) is 17.9. The molecule has 0 aliphatic carbocycles. The molecule has 0 heterocycles. The lowest BCUT2D eigenvalue weighted by atomic mass is 9.87. The Morgan fingerprint density at radius 2 is 1.65 bits per heavy atom. The highest BCUT2D eigenvalue weighted by molar-refractivity contribution is 6.02. The Morgan fingerprint density at radius 3 is 2.26 bits per heavy atom. The second-order valence-electron chi connectivity index (χ2n) is 7.17. The molecule has 3 rings (SSSR count). The Labute approximate surface area is 183 Å². The summed E-state index contributed by atoms with van der Waals surface area (Å²) in [5.74, 6) is -0.246. The summed E-state index contributed by atoms with van der Waals surface area (Å²) in [4.78, 5) is 0. The number of halogens is 1. The minimum atomic E-state index is -1.04. The van der Waals surface area contributed by atoms with Crippen molar-refractivity contribution in [2.45, 2.75) is 13.3 Å². The largest absolute Gasteiger partial charge is 0.492 e. The molecule has 0 saturated carbocycles. The number of rotatable bonds is 9. The third kappa shape index (κ3) is 5.38. The summed E-state index contributed by atoms with van der Waals surface area (Å²) < 4.78 is 19.6. The lowest BCUT2D eigenvalue weighted by molar-refractivity contribution is 0.318. The summed E-state index contributed by atoms with van der Waals surface area (Å²) >= 11 is 0. The first-order valence-electron chi connectivity index (χ1n) is 10.4. The Balaban J connectivity index is 2.15. The van der Waals surface area contributed by atoms with Crippen LogP contribution < -0.4 is 15.8 Å². The number of nitrogens with one attached hydrogen (secondary N) is 2. The monoisotopic (exact) mass is 417 g/mol. The fourth-order valence-electron chi connectivity index (χ4n) is 3.57. The second kappa shape index (κ2) is 10.5. The van der Waals surface area contributed by atoms with Gasteiger partial charge in [-0.15, -0.1) is 0 Å². The average Bonchev–Trinajstić information content (AvgIpc) is 2.79. The van der Waals surface area contributed by atoms with Crippen LogP contribution in [0.25, 0.3) is 11.1 Å². The first-order chi connectivity index (χ1) is 15.0. The van der Waals surface area contributed by atoms with Gasteiger partial charge in [-0.3, -0.25) is 5.41 Å². The SMILES string of the molecule is CC/C(=C(/c1ccc(OCCNC)cc1)c1ccc(N)c(C(=N)F)c1)c1ccccc1. The van der Waals surface area contributed by atoms with Gasteiger partial charge in [-0.25, -0.2) is 0 Å². The first-order valence-corrected chi connectivity index (χ1v) is 10.4. The van der Waals surface area contributed by atoms with Crippen LogP contribution in [0.2, 0.25) is 0 Å². The summed E-state index contributed by atoms with van der Waals surface area (Å²) in [6, 6.07) is 23.3. The normalized spacial score (nSPS) is 11.7. The molecule has 5 heteroatoms. The van der Waals surface area contributed by atoms with Crippen LogP contribution in [-0.2, 0) is 0 Å². The van der Waals surface area contributed by atoms with Gasteiger partial charge in [0.1, 0.15) is 12.4 Å². The van der Waals surface area contributed by atoms with Crippen LogP contribution in [0.3, 0.4) is 0 Å². The van der Waals surface area contributed by atoms with Gasteiger partial charge in [0.25, 0.3) is 0 Å². The van der Waals surface area contributed by atoms with Crippen LogP contribution in [0, 0.1) is 5.41 Å². The molecule has 0 spiro atoms. The molecule has 0 fully saturated rings. The smallest absolute Gasteiger partial charge is 0.214 e. The van der Waals surface area contributed by atoms with E-state index < -0.39 is 5.97 Å². The summed E-state index contributed by atoms with van der Waals surface area (Å²) in [7, 11) is 1.89. The minimum absolute atomic E-state index is 0.102. The molecule has 160 valence electrons. The van der Waals surface area contributed by atoms with Crippen molar-refractivity contribution in [1.82, 2.24) is 5.32 Å². The Kier molecular flexibility index (Phi) is 7.57.